The van der Waals surface area contributed by atoms with Crippen molar-refractivity contribution in [1.82, 2.24) is 9.55 Å². The second-order valence-corrected chi connectivity index (χ2v) is 4.09. The molecule has 2 N–H and O–H groups in total. The first-order chi connectivity index (χ1) is 6.18. The Morgan fingerprint density at radius 2 is 2.46 bits per heavy atom. The highest BCUT2D eigenvalue weighted by Gasteiger charge is 2.22. The van der Waals surface area contributed by atoms with Crippen LogP contribution in [0.2, 0.25) is 0 Å². The van der Waals surface area contributed by atoms with E-state index in [-0.39, 0.29) is 0 Å². The fraction of sp³-hybridized carbons (Fsp3) is 0.700. The van der Waals surface area contributed by atoms with Gasteiger partial charge in [0.1, 0.15) is 0 Å². The molecule has 0 fully saturated rings. The van der Waals surface area contributed by atoms with Crippen LogP contribution in [0, 0.1) is 12.8 Å². The Morgan fingerprint density at radius 3 is 3.15 bits per heavy atom. The van der Waals surface area contributed by atoms with Gasteiger partial charge in [0.15, 0.2) is 0 Å². The molecular weight excluding hydrogens is 162 g/mol. The Labute approximate surface area is 79.0 Å². The van der Waals surface area contributed by atoms with Crippen molar-refractivity contribution in [3.05, 3.63) is 17.7 Å². The first kappa shape index (κ1) is 8.75. The van der Waals surface area contributed by atoms with Gasteiger partial charge in [0, 0.05) is 18.3 Å². The Kier molecular flexibility index (Phi) is 2.12. The summed E-state index contributed by atoms with van der Waals surface area (Å²) in [7, 11) is 0. The van der Waals surface area contributed by atoms with Gasteiger partial charge in [-0.25, -0.2) is 4.98 Å². The van der Waals surface area contributed by atoms with Crippen LogP contribution in [-0.2, 0) is 13.0 Å². The fourth-order valence-electron chi connectivity index (χ4n) is 2.09. The minimum absolute atomic E-state index is 0.302. The van der Waals surface area contributed by atoms with E-state index in [0.29, 0.717) is 12.0 Å². The third-order valence-corrected chi connectivity index (χ3v) is 3.08. The molecule has 13 heavy (non-hydrogen) atoms. The molecule has 0 radical (unpaired) electrons. The second-order valence-electron chi connectivity index (χ2n) is 4.09. The molecule has 0 saturated carbocycles. The van der Waals surface area contributed by atoms with Crippen molar-refractivity contribution >= 4 is 0 Å². The van der Waals surface area contributed by atoms with Crippen molar-refractivity contribution < 1.29 is 0 Å². The predicted octanol–water partition coefficient (Wildman–Crippen LogP) is 1.10. The predicted molar refractivity (Wildman–Crippen MR) is 52.4 cm³/mol. The molecule has 2 atom stereocenters. The average molecular weight is 179 g/mol. The maximum atomic E-state index is 5.90. The molecule has 1 aliphatic heterocycles. The minimum atomic E-state index is 0.302. The van der Waals surface area contributed by atoms with E-state index in [9.17, 15) is 0 Å². The molecule has 72 valence electrons. The van der Waals surface area contributed by atoms with Gasteiger partial charge in [0.2, 0.25) is 0 Å². The SMILES string of the molecule is Cc1ncn2c1CCC(C(C)N)C2. The fourth-order valence-corrected chi connectivity index (χ4v) is 2.09. The molecule has 2 heterocycles. The van der Waals surface area contributed by atoms with Crippen molar-refractivity contribution in [2.75, 3.05) is 0 Å². The second kappa shape index (κ2) is 3.14. The highest BCUT2D eigenvalue weighted by molar-refractivity contribution is 5.13. The van der Waals surface area contributed by atoms with Crippen LogP contribution in [0.3, 0.4) is 0 Å². The first-order valence-corrected chi connectivity index (χ1v) is 4.94. The van der Waals surface area contributed by atoms with Crippen molar-refractivity contribution in [2.24, 2.45) is 11.7 Å². The summed E-state index contributed by atoms with van der Waals surface area (Å²) < 4.78 is 2.26. The van der Waals surface area contributed by atoms with Crippen LogP contribution in [0.1, 0.15) is 24.7 Å². The normalized spacial score (nSPS) is 24.1. The number of nitrogens with two attached hydrogens (primary N) is 1. The Balaban J connectivity index is 2.21. The molecule has 0 aliphatic carbocycles. The number of nitrogens with zero attached hydrogens (tertiary/aromatic N) is 2. The molecule has 2 rings (SSSR count). The van der Waals surface area contributed by atoms with E-state index in [4.69, 9.17) is 5.73 Å². The summed E-state index contributed by atoms with van der Waals surface area (Å²) in [6.45, 7) is 5.23. The van der Waals surface area contributed by atoms with Crippen LogP contribution in [0.15, 0.2) is 6.33 Å². The van der Waals surface area contributed by atoms with Crippen LogP contribution < -0.4 is 5.73 Å². The summed E-state index contributed by atoms with van der Waals surface area (Å²) in [5.41, 5.74) is 8.48. The highest BCUT2D eigenvalue weighted by Crippen LogP contribution is 2.23. The lowest BCUT2D eigenvalue weighted by Crippen LogP contribution is -2.33. The molecule has 2 unspecified atom stereocenters. The van der Waals surface area contributed by atoms with Gasteiger partial charge in [-0.15, -0.1) is 0 Å². The van der Waals surface area contributed by atoms with E-state index >= 15 is 0 Å². The monoisotopic (exact) mass is 179 g/mol. The van der Waals surface area contributed by atoms with Crippen molar-refractivity contribution in [2.45, 2.75) is 39.3 Å². The van der Waals surface area contributed by atoms with Gasteiger partial charge < -0.3 is 10.3 Å². The van der Waals surface area contributed by atoms with Gasteiger partial charge in [-0.05, 0) is 32.6 Å². The highest BCUT2D eigenvalue weighted by atomic mass is 15.1. The van der Waals surface area contributed by atoms with Crippen molar-refractivity contribution in [3.8, 4) is 0 Å². The Hall–Kier alpha value is -0.830. The third-order valence-electron chi connectivity index (χ3n) is 3.08. The van der Waals surface area contributed by atoms with Crippen LogP contribution in [0.5, 0.6) is 0 Å². The number of fused-ring (bicyclic) bond motifs is 1. The van der Waals surface area contributed by atoms with Crippen LogP contribution >= 0.6 is 0 Å². The summed E-state index contributed by atoms with van der Waals surface area (Å²) in [4.78, 5) is 4.31. The number of imidazole rings is 1. The number of aromatic nitrogens is 2. The Morgan fingerprint density at radius 1 is 1.69 bits per heavy atom. The molecule has 1 aliphatic rings. The first-order valence-electron chi connectivity index (χ1n) is 4.94. The van der Waals surface area contributed by atoms with Gasteiger partial charge in [-0.2, -0.15) is 0 Å². The van der Waals surface area contributed by atoms with Gasteiger partial charge in [-0.3, -0.25) is 0 Å². The number of aryl methyl sites for hydroxylation is 1. The number of hydrogen-bond acceptors (Lipinski definition) is 2. The molecule has 1 aromatic rings. The van der Waals surface area contributed by atoms with E-state index in [0.717, 1.165) is 13.0 Å². The topological polar surface area (TPSA) is 43.8 Å². The summed E-state index contributed by atoms with van der Waals surface area (Å²) in [5.74, 6) is 0.626. The lowest BCUT2D eigenvalue weighted by molar-refractivity contribution is 0.324. The van der Waals surface area contributed by atoms with Crippen LogP contribution in [0.25, 0.3) is 0 Å². The molecule has 0 saturated heterocycles. The van der Waals surface area contributed by atoms with E-state index in [2.05, 4.69) is 23.4 Å². The standard InChI is InChI=1S/C10H17N3/c1-7(11)9-3-4-10-8(2)12-6-13(10)5-9/h6-7,9H,3-5,11H2,1-2H3. The quantitative estimate of drug-likeness (QED) is 0.701. The summed E-state index contributed by atoms with van der Waals surface area (Å²) in [6, 6.07) is 0.302. The van der Waals surface area contributed by atoms with Crippen molar-refractivity contribution in [1.29, 1.82) is 0 Å². The molecule has 0 bridgehead atoms. The minimum Gasteiger partial charge on any atom is -0.334 e. The molecule has 1 aromatic heterocycles. The Bertz CT molecular complexity index is 301. The molecule has 0 spiro atoms. The zero-order chi connectivity index (χ0) is 9.42. The summed E-state index contributed by atoms with van der Waals surface area (Å²) >= 11 is 0. The van der Waals surface area contributed by atoms with Crippen LogP contribution in [-0.4, -0.2) is 15.6 Å². The lowest BCUT2D eigenvalue weighted by atomic mass is 9.92. The van der Waals surface area contributed by atoms with Gasteiger partial charge in [-0.1, -0.05) is 0 Å². The van der Waals surface area contributed by atoms with Gasteiger partial charge in [0.25, 0.3) is 0 Å². The summed E-state index contributed by atoms with van der Waals surface area (Å²) in [5, 5.41) is 0. The molecular formula is C10H17N3. The largest absolute Gasteiger partial charge is 0.334 e. The zero-order valence-corrected chi connectivity index (χ0v) is 8.33. The van der Waals surface area contributed by atoms with E-state index < -0.39 is 0 Å². The third kappa shape index (κ3) is 1.48. The van der Waals surface area contributed by atoms with E-state index in [1.54, 1.807) is 0 Å². The van der Waals surface area contributed by atoms with E-state index in [1.165, 1.54) is 17.8 Å². The smallest absolute Gasteiger partial charge is 0.0951 e. The zero-order valence-electron chi connectivity index (χ0n) is 8.33. The number of hydrogen-bond donors (Lipinski definition) is 1. The maximum Gasteiger partial charge on any atom is 0.0951 e. The maximum absolute atomic E-state index is 5.90. The molecule has 3 heteroatoms. The average Bonchev–Trinajstić information content (AvgIpc) is 2.47. The molecule has 0 amide bonds. The van der Waals surface area contributed by atoms with Gasteiger partial charge in [0.05, 0.1) is 12.0 Å². The van der Waals surface area contributed by atoms with Gasteiger partial charge >= 0.3 is 0 Å². The van der Waals surface area contributed by atoms with Crippen molar-refractivity contribution in [3.63, 3.8) is 0 Å². The van der Waals surface area contributed by atoms with E-state index in [1.807, 2.05) is 6.33 Å². The summed E-state index contributed by atoms with van der Waals surface area (Å²) in [6.07, 6.45) is 4.29. The molecule has 3 nitrogen and oxygen atoms in total. The lowest BCUT2D eigenvalue weighted by Gasteiger charge is -2.27. The molecule has 0 aromatic carbocycles. The number of rotatable bonds is 1. The van der Waals surface area contributed by atoms with Crippen LogP contribution in [0.4, 0.5) is 0 Å².